The van der Waals surface area contributed by atoms with Gasteiger partial charge in [-0.1, -0.05) is 6.07 Å². The Morgan fingerprint density at radius 2 is 2.21 bits per heavy atom. The zero-order chi connectivity index (χ0) is 10.7. The first-order chi connectivity index (χ1) is 6.56. The van der Waals surface area contributed by atoms with Crippen LogP contribution in [0.25, 0.3) is 0 Å². The number of primary amides is 1. The molecule has 5 heteroatoms. The van der Waals surface area contributed by atoms with Gasteiger partial charge in [0.1, 0.15) is 5.82 Å². The molecule has 1 rings (SSSR count). The number of nitrogens with zero attached hydrogens (tertiary/aromatic N) is 1. The summed E-state index contributed by atoms with van der Waals surface area (Å²) in [5.74, 6) is -2.45. The van der Waals surface area contributed by atoms with E-state index >= 15 is 0 Å². The van der Waals surface area contributed by atoms with Crippen molar-refractivity contribution in [1.29, 1.82) is 5.26 Å². The Bertz CT molecular complexity index is 411. The van der Waals surface area contributed by atoms with Gasteiger partial charge in [-0.3, -0.25) is 4.79 Å². The van der Waals surface area contributed by atoms with Crippen LogP contribution in [0.5, 0.6) is 0 Å². The van der Waals surface area contributed by atoms with E-state index < -0.39 is 17.6 Å². The zero-order valence-electron chi connectivity index (χ0n) is 7.20. The van der Waals surface area contributed by atoms with Gasteiger partial charge in [-0.2, -0.15) is 5.26 Å². The lowest BCUT2D eigenvalue weighted by Crippen LogP contribution is -2.21. The molecule has 1 atom stereocenters. The fraction of sp³-hybridized carbons (Fsp3) is 0.111. The van der Waals surface area contributed by atoms with Crippen molar-refractivity contribution in [2.24, 2.45) is 5.73 Å². The molecule has 4 N–H and O–H groups in total. The summed E-state index contributed by atoms with van der Waals surface area (Å²) in [6.45, 7) is 0. The van der Waals surface area contributed by atoms with Crippen LogP contribution in [0.15, 0.2) is 18.2 Å². The van der Waals surface area contributed by atoms with Gasteiger partial charge in [0.2, 0.25) is 5.91 Å². The third-order valence-corrected chi connectivity index (χ3v) is 1.77. The molecular weight excluding hydrogens is 185 g/mol. The molecule has 0 saturated carbocycles. The fourth-order valence-electron chi connectivity index (χ4n) is 1.09. The number of carbonyl (C=O) groups is 1. The number of benzene rings is 1. The van der Waals surface area contributed by atoms with Crippen LogP contribution in [0.2, 0.25) is 0 Å². The van der Waals surface area contributed by atoms with Crippen molar-refractivity contribution in [2.45, 2.75) is 5.92 Å². The molecular formula is C9H8FN3O. The molecule has 1 aromatic carbocycles. The summed E-state index contributed by atoms with van der Waals surface area (Å²) in [7, 11) is 0. The highest BCUT2D eigenvalue weighted by molar-refractivity contribution is 5.86. The van der Waals surface area contributed by atoms with Crippen molar-refractivity contribution in [2.75, 3.05) is 5.73 Å². The fourth-order valence-corrected chi connectivity index (χ4v) is 1.09. The van der Waals surface area contributed by atoms with Crippen molar-refractivity contribution in [3.05, 3.63) is 29.6 Å². The monoisotopic (exact) mass is 193 g/mol. The van der Waals surface area contributed by atoms with E-state index in [2.05, 4.69) is 0 Å². The quantitative estimate of drug-likeness (QED) is 0.669. The van der Waals surface area contributed by atoms with Crippen LogP contribution >= 0.6 is 0 Å². The van der Waals surface area contributed by atoms with Crippen LogP contribution in [-0.2, 0) is 4.79 Å². The van der Waals surface area contributed by atoms with Gasteiger partial charge in [-0.15, -0.1) is 0 Å². The second kappa shape index (κ2) is 3.75. The number of rotatable bonds is 2. The molecule has 0 aliphatic rings. The molecule has 0 spiro atoms. The van der Waals surface area contributed by atoms with E-state index in [0.717, 1.165) is 12.1 Å². The number of nitrogens with two attached hydrogens (primary N) is 2. The summed E-state index contributed by atoms with van der Waals surface area (Å²) in [4.78, 5) is 10.8. The van der Waals surface area contributed by atoms with Crippen molar-refractivity contribution in [3.63, 3.8) is 0 Å². The molecule has 1 aromatic rings. The lowest BCUT2D eigenvalue weighted by atomic mass is 9.98. The van der Waals surface area contributed by atoms with E-state index in [9.17, 15) is 9.18 Å². The number of anilines is 1. The van der Waals surface area contributed by atoms with Crippen LogP contribution in [-0.4, -0.2) is 5.91 Å². The molecule has 0 fully saturated rings. The molecule has 0 saturated heterocycles. The molecule has 0 aliphatic heterocycles. The highest BCUT2D eigenvalue weighted by Crippen LogP contribution is 2.22. The van der Waals surface area contributed by atoms with E-state index in [-0.39, 0.29) is 11.3 Å². The Morgan fingerprint density at radius 1 is 1.57 bits per heavy atom. The summed E-state index contributed by atoms with van der Waals surface area (Å²) < 4.78 is 12.6. The van der Waals surface area contributed by atoms with E-state index in [1.54, 1.807) is 6.07 Å². The van der Waals surface area contributed by atoms with Gasteiger partial charge in [0.15, 0.2) is 5.92 Å². The van der Waals surface area contributed by atoms with Gasteiger partial charge >= 0.3 is 0 Å². The normalized spacial score (nSPS) is 11.7. The highest BCUT2D eigenvalue weighted by Gasteiger charge is 2.19. The van der Waals surface area contributed by atoms with Gasteiger partial charge in [0.05, 0.1) is 6.07 Å². The standard InChI is InChI=1S/C9H8FN3O/c10-5-1-2-6(8(12)3-5)7(4-11)9(13)14/h1-3,7H,12H2,(H2,13,14). The average Bonchev–Trinajstić information content (AvgIpc) is 2.09. The number of nitriles is 1. The van der Waals surface area contributed by atoms with Crippen molar-refractivity contribution in [1.82, 2.24) is 0 Å². The van der Waals surface area contributed by atoms with E-state index in [1.165, 1.54) is 6.07 Å². The van der Waals surface area contributed by atoms with E-state index in [1.807, 2.05) is 0 Å². The van der Waals surface area contributed by atoms with E-state index in [4.69, 9.17) is 16.7 Å². The Morgan fingerprint density at radius 3 is 2.64 bits per heavy atom. The molecule has 0 radical (unpaired) electrons. The molecule has 4 nitrogen and oxygen atoms in total. The van der Waals surface area contributed by atoms with Crippen LogP contribution < -0.4 is 11.5 Å². The number of halogens is 1. The smallest absolute Gasteiger partial charge is 0.239 e. The Kier molecular flexibility index (Phi) is 2.67. The molecule has 0 bridgehead atoms. The average molecular weight is 193 g/mol. The molecule has 14 heavy (non-hydrogen) atoms. The van der Waals surface area contributed by atoms with E-state index in [0.29, 0.717) is 0 Å². The summed E-state index contributed by atoms with van der Waals surface area (Å²) in [6.07, 6.45) is 0. The third-order valence-electron chi connectivity index (χ3n) is 1.77. The van der Waals surface area contributed by atoms with Crippen molar-refractivity contribution >= 4 is 11.6 Å². The first-order valence-corrected chi connectivity index (χ1v) is 3.80. The zero-order valence-corrected chi connectivity index (χ0v) is 7.20. The second-order valence-electron chi connectivity index (χ2n) is 2.74. The number of hydrogen-bond acceptors (Lipinski definition) is 3. The largest absolute Gasteiger partial charge is 0.398 e. The first kappa shape index (κ1) is 9.99. The lowest BCUT2D eigenvalue weighted by molar-refractivity contribution is -0.118. The summed E-state index contributed by atoms with van der Waals surface area (Å²) in [6, 6.07) is 5.15. The Labute approximate surface area is 79.9 Å². The summed E-state index contributed by atoms with van der Waals surface area (Å²) in [5, 5.41) is 8.64. The lowest BCUT2D eigenvalue weighted by Gasteiger charge is -2.07. The predicted octanol–water partition coefficient (Wildman–Crippen LogP) is 0.500. The Balaban J connectivity index is 3.19. The van der Waals surface area contributed by atoms with Crippen molar-refractivity contribution in [3.8, 4) is 6.07 Å². The molecule has 0 heterocycles. The number of carbonyl (C=O) groups excluding carboxylic acids is 1. The molecule has 72 valence electrons. The van der Waals surface area contributed by atoms with Gasteiger partial charge in [-0.25, -0.2) is 4.39 Å². The van der Waals surface area contributed by atoms with Crippen LogP contribution in [0.3, 0.4) is 0 Å². The predicted molar refractivity (Wildman–Crippen MR) is 48.4 cm³/mol. The Hall–Kier alpha value is -2.09. The maximum absolute atomic E-state index is 12.6. The number of hydrogen-bond donors (Lipinski definition) is 2. The molecule has 1 amide bonds. The SMILES string of the molecule is N#CC(C(N)=O)c1ccc(F)cc1N. The highest BCUT2D eigenvalue weighted by atomic mass is 19.1. The van der Waals surface area contributed by atoms with Gasteiger partial charge in [0, 0.05) is 11.3 Å². The van der Waals surface area contributed by atoms with Gasteiger partial charge < -0.3 is 11.5 Å². The third kappa shape index (κ3) is 1.80. The molecule has 0 aliphatic carbocycles. The van der Waals surface area contributed by atoms with Crippen molar-refractivity contribution < 1.29 is 9.18 Å². The van der Waals surface area contributed by atoms with Gasteiger partial charge in [0.25, 0.3) is 0 Å². The molecule has 0 aromatic heterocycles. The minimum atomic E-state index is -1.13. The minimum Gasteiger partial charge on any atom is -0.398 e. The summed E-state index contributed by atoms with van der Waals surface area (Å²) >= 11 is 0. The maximum Gasteiger partial charge on any atom is 0.239 e. The summed E-state index contributed by atoms with van der Waals surface area (Å²) in [5.41, 5.74) is 10.7. The number of nitrogen functional groups attached to an aromatic ring is 1. The number of amides is 1. The first-order valence-electron chi connectivity index (χ1n) is 3.80. The minimum absolute atomic E-state index is 0.0513. The van der Waals surface area contributed by atoms with Crippen LogP contribution in [0.4, 0.5) is 10.1 Å². The van der Waals surface area contributed by atoms with Gasteiger partial charge in [-0.05, 0) is 12.1 Å². The van der Waals surface area contributed by atoms with Crippen LogP contribution in [0.1, 0.15) is 11.5 Å². The van der Waals surface area contributed by atoms with Crippen LogP contribution in [0, 0.1) is 17.1 Å². The topological polar surface area (TPSA) is 92.9 Å². The maximum atomic E-state index is 12.6. The molecule has 1 unspecified atom stereocenters. The second-order valence-corrected chi connectivity index (χ2v) is 2.74.